The van der Waals surface area contributed by atoms with E-state index in [9.17, 15) is 9.59 Å². The first kappa shape index (κ1) is 12.4. The first-order valence-electron chi connectivity index (χ1n) is 5.33. The van der Waals surface area contributed by atoms with Crippen LogP contribution in [0, 0.1) is 0 Å². The highest BCUT2D eigenvalue weighted by atomic mass is 16.2. The average Bonchev–Trinajstić information content (AvgIpc) is 2.25. The van der Waals surface area contributed by atoms with Crippen molar-refractivity contribution in [3.8, 4) is 0 Å². The van der Waals surface area contributed by atoms with Gasteiger partial charge in [-0.05, 0) is 19.4 Å². The Balaban J connectivity index is 2.91. The Hall–Kier alpha value is -1.63. The van der Waals surface area contributed by atoms with Crippen LogP contribution < -0.4 is 21.9 Å². The first-order valence-corrected chi connectivity index (χ1v) is 5.33. The molecule has 1 heterocycles. The van der Waals surface area contributed by atoms with E-state index in [1.165, 1.54) is 0 Å². The fourth-order valence-electron chi connectivity index (χ4n) is 1.43. The summed E-state index contributed by atoms with van der Waals surface area (Å²) in [6.45, 7) is 3.94. The van der Waals surface area contributed by atoms with Crippen molar-refractivity contribution in [1.29, 1.82) is 0 Å². The van der Waals surface area contributed by atoms with Gasteiger partial charge in [0.05, 0.1) is 0 Å². The monoisotopic (exact) mass is 227 g/mol. The van der Waals surface area contributed by atoms with Crippen LogP contribution in [-0.4, -0.2) is 34.8 Å². The maximum Gasteiger partial charge on any atom is 0.342 e. The summed E-state index contributed by atoms with van der Waals surface area (Å²) in [4.78, 5) is 26.3. The van der Waals surface area contributed by atoms with Crippen molar-refractivity contribution in [2.75, 3.05) is 24.5 Å². The van der Waals surface area contributed by atoms with E-state index in [2.05, 4.69) is 15.2 Å². The number of hydrogen-bond acceptors (Lipinski definition) is 5. The lowest BCUT2D eigenvalue weighted by Gasteiger charge is -2.20. The lowest BCUT2D eigenvalue weighted by atomic mass is 10.3. The number of H-pyrrole nitrogens is 2. The molecule has 0 saturated carbocycles. The summed E-state index contributed by atoms with van der Waals surface area (Å²) >= 11 is 0. The predicted molar refractivity (Wildman–Crippen MR) is 61.7 cm³/mol. The minimum Gasteiger partial charge on any atom is -0.351 e. The number of nitrogens with two attached hydrogens (primary N) is 1. The highest BCUT2D eigenvalue weighted by Crippen LogP contribution is 2.02. The Morgan fingerprint density at radius 1 is 1.38 bits per heavy atom. The summed E-state index contributed by atoms with van der Waals surface area (Å²) in [5.41, 5.74) is 4.37. The highest BCUT2D eigenvalue weighted by molar-refractivity contribution is 5.33. The van der Waals surface area contributed by atoms with Crippen molar-refractivity contribution in [2.24, 2.45) is 5.73 Å². The average molecular weight is 227 g/mol. The van der Waals surface area contributed by atoms with E-state index in [0.29, 0.717) is 19.6 Å². The van der Waals surface area contributed by atoms with Crippen molar-refractivity contribution in [3.63, 3.8) is 0 Å². The molecule has 1 aromatic heterocycles. The number of hydrogen-bond donors (Lipinski definition) is 3. The summed E-state index contributed by atoms with van der Waals surface area (Å²) < 4.78 is 0. The van der Waals surface area contributed by atoms with Gasteiger partial charge in [0.1, 0.15) is 0 Å². The molecule has 7 heteroatoms. The first-order chi connectivity index (χ1) is 7.69. The van der Waals surface area contributed by atoms with Gasteiger partial charge in [0.15, 0.2) is 0 Å². The Labute approximate surface area is 92.7 Å². The van der Waals surface area contributed by atoms with Crippen molar-refractivity contribution >= 4 is 5.82 Å². The molecule has 7 nitrogen and oxygen atoms in total. The van der Waals surface area contributed by atoms with Crippen LogP contribution in [0.1, 0.15) is 19.8 Å². The third kappa shape index (κ3) is 3.20. The van der Waals surface area contributed by atoms with E-state index in [4.69, 9.17) is 5.73 Å². The zero-order valence-electron chi connectivity index (χ0n) is 9.32. The maximum absolute atomic E-state index is 11.5. The quantitative estimate of drug-likeness (QED) is 0.579. The molecule has 0 aromatic carbocycles. The molecule has 0 saturated heterocycles. The van der Waals surface area contributed by atoms with Gasteiger partial charge in [-0.1, -0.05) is 6.92 Å². The molecule has 0 radical (unpaired) electrons. The number of rotatable bonds is 6. The standard InChI is InChI=1S/C9H17N5O2/c1-2-5-14(6-3-4-10)7-8(15)11-9(16)13-12-7/h2-6,10H2,1H3,(H2,11,13,15,16). The molecule has 0 aliphatic carbocycles. The van der Waals surface area contributed by atoms with E-state index in [1.807, 2.05) is 11.8 Å². The molecule has 4 N–H and O–H groups in total. The van der Waals surface area contributed by atoms with Gasteiger partial charge in [-0.2, -0.15) is 0 Å². The molecule has 1 aromatic rings. The Morgan fingerprint density at radius 2 is 2.12 bits per heavy atom. The second-order valence-electron chi connectivity index (χ2n) is 3.46. The Morgan fingerprint density at radius 3 is 2.69 bits per heavy atom. The zero-order chi connectivity index (χ0) is 12.0. The van der Waals surface area contributed by atoms with E-state index in [0.717, 1.165) is 12.8 Å². The summed E-state index contributed by atoms with van der Waals surface area (Å²) in [6, 6.07) is 0. The van der Waals surface area contributed by atoms with Gasteiger partial charge >= 0.3 is 5.69 Å². The molecule has 0 fully saturated rings. The zero-order valence-corrected chi connectivity index (χ0v) is 9.32. The van der Waals surface area contributed by atoms with Crippen molar-refractivity contribution in [3.05, 3.63) is 20.8 Å². The lowest BCUT2D eigenvalue weighted by molar-refractivity contribution is 0.693. The Kier molecular flexibility index (Phi) is 4.71. The molecule has 0 bridgehead atoms. The lowest BCUT2D eigenvalue weighted by Crippen LogP contribution is -2.36. The molecule has 1 rings (SSSR count). The molecule has 0 spiro atoms. The highest BCUT2D eigenvalue weighted by Gasteiger charge is 2.11. The van der Waals surface area contributed by atoms with Gasteiger partial charge in [-0.15, -0.1) is 5.10 Å². The molecule has 16 heavy (non-hydrogen) atoms. The summed E-state index contributed by atoms with van der Waals surface area (Å²) in [5.74, 6) is 0.245. The number of aromatic amines is 2. The SMILES string of the molecule is CCCN(CCCN)c1n[nH]c(=O)[nH]c1=O. The van der Waals surface area contributed by atoms with Crippen LogP contribution in [0.5, 0.6) is 0 Å². The topological polar surface area (TPSA) is 108 Å². The second kappa shape index (κ2) is 6.06. The predicted octanol–water partition coefficient (Wildman–Crippen LogP) is -0.977. The minimum atomic E-state index is -0.593. The molecule has 0 atom stereocenters. The van der Waals surface area contributed by atoms with Crippen LogP contribution in [0.2, 0.25) is 0 Å². The maximum atomic E-state index is 11.5. The third-order valence-electron chi connectivity index (χ3n) is 2.12. The van der Waals surface area contributed by atoms with Gasteiger partial charge in [-0.3, -0.25) is 9.78 Å². The number of anilines is 1. The normalized spacial score (nSPS) is 10.4. The van der Waals surface area contributed by atoms with Crippen molar-refractivity contribution < 1.29 is 0 Å². The van der Waals surface area contributed by atoms with Gasteiger partial charge < -0.3 is 10.6 Å². The molecule has 0 aliphatic rings. The number of aromatic nitrogens is 3. The molecule has 0 unspecified atom stereocenters. The smallest absolute Gasteiger partial charge is 0.342 e. The summed E-state index contributed by atoms with van der Waals surface area (Å²) in [6.07, 6.45) is 1.67. The van der Waals surface area contributed by atoms with Crippen LogP contribution in [0.15, 0.2) is 9.59 Å². The fourth-order valence-corrected chi connectivity index (χ4v) is 1.43. The van der Waals surface area contributed by atoms with Crippen molar-refractivity contribution in [2.45, 2.75) is 19.8 Å². The molecule has 0 amide bonds. The van der Waals surface area contributed by atoms with Crippen LogP contribution in [0.25, 0.3) is 0 Å². The second-order valence-corrected chi connectivity index (χ2v) is 3.46. The molecule has 90 valence electrons. The molecule has 0 aliphatic heterocycles. The minimum absolute atomic E-state index is 0.245. The third-order valence-corrected chi connectivity index (χ3v) is 2.12. The van der Waals surface area contributed by atoms with Gasteiger partial charge in [-0.25, -0.2) is 9.89 Å². The van der Waals surface area contributed by atoms with E-state index in [-0.39, 0.29) is 5.82 Å². The van der Waals surface area contributed by atoms with E-state index in [1.54, 1.807) is 0 Å². The van der Waals surface area contributed by atoms with Crippen LogP contribution >= 0.6 is 0 Å². The number of nitrogens with zero attached hydrogens (tertiary/aromatic N) is 2. The van der Waals surface area contributed by atoms with Crippen molar-refractivity contribution in [1.82, 2.24) is 15.2 Å². The Bertz CT molecular complexity index is 424. The molecular formula is C9H17N5O2. The van der Waals surface area contributed by atoms with Gasteiger partial charge in [0.2, 0.25) is 5.82 Å². The summed E-state index contributed by atoms with van der Waals surface area (Å²) in [7, 11) is 0. The van der Waals surface area contributed by atoms with E-state index < -0.39 is 11.2 Å². The summed E-state index contributed by atoms with van der Waals surface area (Å²) in [5, 5.41) is 5.98. The van der Waals surface area contributed by atoms with E-state index >= 15 is 0 Å². The number of nitrogens with one attached hydrogen (secondary N) is 2. The largest absolute Gasteiger partial charge is 0.351 e. The fraction of sp³-hybridized carbons (Fsp3) is 0.667. The van der Waals surface area contributed by atoms with Crippen LogP contribution in [0.4, 0.5) is 5.82 Å². The van der Waals surface area contributed by atoms with Gasteiger partial charge in [0.25, 0.3) is 5.56 Å². The van der Waals surface area contributed by atoms with Crippen LogP contribution in [0.3, 0.4) is 0 Å². The van der Waals surface area contributed by atoms with Crippen LogP contribution in [-0.2, 0) is 0 Å². The molecular weight excluding hydrogens is 210 g/mol. The van der Waals surface area contributed by atoms with Gasteiger partial charge in [0, 0.05) is 13.1 Å².